The molecule has 0 amide bonds. The smallest absolute Gasteiger partial charge is 0.247 e. The molecule has 0 heterocycles. The van der Waals surface area contributed by atoms with Gasteiger partial charge in [0.05, 0.1) is 17.3 Å². The van der Waals surface area contributed by atoms with E-state index < -0.39 is 10.0 Å². The summed E-state index contributed by atoms with van der Waals surface area (Å²) in [5.74, 6) is 2.25. The lowest BCUT2D eigenvalue weighted by molar-refractivity contribution is 0.503. The monoisotopic (exact) mass is 258 g/mol. The number of sulfonamides is 1. The topological polar surface area (TPSA) is 63.4 Å². The number of nitrogens with zero attached hydrogens (tertiary/aromatic N) is 1. The molecule has 2 N–H and O–H groups in total. The van der Waals surface area contributed by atoms with E-state index in [1.54, 1.807) is 6.07 Å². The van der Waals surface area contributed by atoms with Gasteiger partial charge in [-0.1, -0.05) is 23.6 Å². The van der Waals surface area contributed by atoms with Gasteiger partial charge in [-0.3, -0.25) is 0 Å². The van der Waals surface area contributed by atoms with Crippen molar-refractivity contribution in [2.75, 3.05) is 19.3 Å². The summed E-state index contributed by atoms with van der Waals surface area (Å²) in [6, 6.07) is 4.52. The van der Waals surface area contributed by atoms with Crippen LogP contribution in [0.5, 0.6) is 0 Å². The van der Waals surface area contributed by atoms with E-state index >= 15 is 0 Å². The molecule has 4 nitrogen and oxygen atoms in total. The van der Waals surface area contributed by atoms with Crippen molar-refractivity contribution in [2.24, 2.45) is 0 Å². The summed E-state index contributed by atoms with van der Waals surface area (Å²) in [6.07, 6.45) is 5.06. The summed E-state index contributed by atoms with van der Waals surface area (Å²) in [7, 11) is -2.36. The van der Waals surface area contributed by atoms with Crippen LogP contribution in [0.1, 0.15) is 0 Å². The maximum Gasteiger partial charge on any atom is 0.247 e. The number of halogens is 1. The second-order valence-corrected chi connectivity index (χ2v) is 5.51. The molecule has 0 aliphatic rings. The summed E-state index contributed by atoms with van der Waals surface area (Å²) in [5.41, 5.74) is 5.71. The van der Waals surface area contributed by atoms with Crippen LogP contribution in [0.2, 0.25) is 5.02 Å². The number of nitrogen functional groups attached to an aromatic ring is 1. The van der Waals surface area contributed by atoms with Gasteiger partial charge in [0.2, 0.25) is 10.0 Å². The lowest BCUT2D eigenvalue weighted by Crippen LogP contribution is -2.28. The molecule has 0 fully saturated rings. The Morgan fingerprint density at radius 2 is 2.19 bits per heavy atom. The fraction of sp³-hybridized carbons (Fsp3) is 0.200. The normalized spacial score (nSPS) is 11.4. The Morgan fingerprint density at radius 1 is 1.56 bits per heavy atom. The van der Waals surface area contributed by atoms with Gasteiger partial charge in [0.15, 0.2) is 0 Å². The van der Waals surface area contributed by atoms with Crippen molar-refractivity contribution in [3.63, 3.8) is 0 Å². The van der Waals surface area contributed by atoms with Gasteiger partial charge >= 0.3 is 0 Å². The zero-order chi connectivity index (χ0) is 12.3. The SMILES string of the molecule is C#CCN(C)S(=O)(=O)c1c(N)cccc1Cl. The standard InChI is InChI=1S/C10H11ClN2O2S/c1-3-7-13(2)16(14,15)10-8(11)5-4-6-9(10)12/h1,4-6H,7,12H2,2H3. The van der Waals surface area contributed by atoms with Gasteiger partial charge in [-0.05, 0) is 12.1 Å². The average Bonchev–Trinajstić information content (AvgIpc) is 2.17. The number of anilines is 1. The molecule has 86 valence electrons. The molecule has 0 aromatic heterocycles. The molecule has 0 saturated carbocycles. The molecule has 6 heteroatoms. The van der Waals surface area contributed by atoms with Crippen molar-refractivity contribution >= 4 is 27.3 Å². The molecule has 0 radical (unpaired) electrons. The minimum absolute atomic E-state index is 0.0347. The Hall–Kier alpha value is -1.22. The Balaban J connectivity index is 3.34. The first-order chi connectivity index (χ1) is 7.41. The lowest BCUT2D eigenvalue weighted by Gasteiger charge is -2.16. The number of rotatable bonds is 3. The Morgan fingerprint density at radius 3 is 2.69 bits per heavy atom. The van der Waals surface area contributed by atoms with Crippen LogP contribution in [0, 0.1) is 12.3 Å². The summed E-state index contributed by atoms with van der Waals surface area (Å²) in [6.45, 7) is -0.0347. The van der Waals surface area contributed by atoms with Crippen LogP contribution in [0.15, 0.2) is 23.1 Å². The molecule has 0 aliphatic heterocycles. The van der Waals surface area contributed by atoms with Crippen molar-refractivity contribution in [1.82, 2.24) is 4.31 Å². The highest BCUT2D eigenvalue weighted by molar-refractivity contribution is 7.89. The van der Waals surface area contributed by atoms with Gasteiger partial charge in [-0.2, -0.15) is 4.31 Å². The number of nitrogens with two attached hydrogens (primary N) is 1. The van der Waals surface area contributed by atoms with E-state index in [4.69, 9.17) is 23.8 Å². The molecule has 0 atom stereocenters. The highest BCUT2D eigenvalue weighted by atomic mass is 35.5. The van der Waals surface area contributed by atoms with Crippen LogP contribution in [0.25, 0.3) is 0 Å². The van der Waals surface area contributed by atoms with Crippen LogP contribution in [0.3, 0.4) is 0 Å². The Bertz CT molecular complexity index is 514. The molecule has 0 saturated heterocycles. The number of terminal acetylenes is 1. The molecule has 1 aromatic rings. The summed E-state index contributed by atoms with van der Waals surface area (Å²) in [5, 5.41) is 0.0869. The average molecular weight is 259 g/mol. The van der Waals surface area contributed by atoms with Crippen LogP contribution >= 0.6 is 11.6 Å². The third-order valence-corrected chi connectivity index (χ3v) is 4.33. The highest BCUT2D eigenvalue weighted by Gasteiger charge is 2.25. The number of hydrogen-bond acceptors (Lipinski definition) is 3. The minimum atomic E-state index is -3.73. The van der Waals surface area contributed by atoms with Crippen molar-refractivity contribution < 1.29 is 8.42 Å². The second kappa shape index (κ2) is 4.74. The Kier molecular flexibility index (Phi) is 3.81. The molecule has 0 spiro atoms. The predicted molar refractivity (Wildman–Crippen MR) is 64.5 cm³/mol. The van der Waals surface area contributed by atoms with E-state index in [-0.39, 0.29) is 22.2 Å². The van der Waals surface area contributed by atoms with Crippen LogP contribution < -0.4 is 5.73 Å². The first kappa shape index (κ1) is 12.8. The predicted octanol–water partition coefficient (Wildman–Crippen LogP) is 1.18. The lowest BCUT2D eigenvalue weighted by atomic mass is 10.3. The summed E-state index contributed by atoms with van der Waals surface area (Å²) >= 11 is 5.82. The number of benzene rings is 1. The van der Waals surface area contributed by atoms with Crippen LogP contribution in [0.4, 0.5) is 5.69 Å². The maximum absolute atomic E-state index is 12.0. The summed E-state index contributed by atoms with van der Waals surface area (Å²) in [4.78, 5) is -0.102. The third kappa shape index (κ3) is 2.30. The van der Waals surface area contributed by atoms with Gasteiger partial charge in [0.1, 0.15) is 4.90 Å². The molecular weight excluding hydrogens is 248 g/mol. The van der Waals surface area contributed by atoms with Gasteiger partial charge in [-0.15, -0.1) is 6.42 Å². The fourth-order valence-corrected chi connectivity index (χ4v) is 2.88. The van der Waals surface area contributed by atoms with Crippen molar-refractivity contribution in [3.05, 3.63) is 23.2 Å². The van der Waals surface area contributed by atoms with Crippen molar-refractivity contribution in [3.8, 4) is 12.3 Å². The summed E-state index contributed by atoms with van der Waals surface area (Å²) < 4.78 is 25.1. The molecular formula is C10H11ClN2O2S. The highest BCUT2D eigenvalue weighted by Crippen LogP contribution is 2.29. The van der Waals surface area contributed by atoms with Gasteiger partial charge in [-0.25, -0.2) is 8.42 Å². The third-order valence-electron chi connectivity index (χ3n) is 1.98. The van der Waals surface area contributed by atoms with E-state index in [9.17, 15) is 8.42 Å². The van der Waals surface area contributed by atoms with E-state index in [1.165, 1.54) is 19.2 Å². The molecule has 1 rings (SSSR count). The first-order valence-electron chi connectivity index (χ1n) is 4.35. The van der Waals surface area contributed by atoms with E-state index in [2.05, 4.69) is 5.92 Å². The van der Waals surface area contributed by atoms with Crippen molar-refractivity contribution in [2.45, 2.75) is 4.90 Å². The van der Waals surface area contributed by atoms with E-state index in [0.29, 0.717) is 0 Å². The quantitative estimate of drug-likeness (QED) is 0.654. The maximum atomic E-state index is 12.0. The molecule has 0 aliphatic carbocycles. The van der Waals surface area contributed by atoms with Gasteiger partial charge < -0.3 is 5.73 Å². The van der Waals surface area contributed by atoms with E-state index in [1.807, 2.05) is 0 Å². The Labute approximate surface area is 100 Å². The molecule has 16 heavy (non-hydrogen) atoms. The first-order valence-corrected chi connectivity index (χ1v) is 6.17. The van der Waals surface area contributed by atoms with Gasteiger partial charge in [0.25, 0.3) is 0 Å². The molecule has 1 aromatic carbocycles. The fourth-order valence-electron chi connectivity index (χ4n) is 1.17. The zero-order valence-electron chi connectivity index (χ0n) is 8.64. The zero-order valence-corrected chi connectivity index (χ0v) is 10.2. The number of hydrogen-bond donors (Lipinski definition) is 1. The van der Waals surface area contributed by atoms with E-state index in [0.717, 1.165) is 4.31 Å². The van der Waals surface area contributed by atoms with Crippen LogP contribution in [-0.2, 0) is 10.0 Å². The van der Waals surface area contributed by atoms with Gasteiger partial charge in [0, 0.05) is 7.05 Å². The molecule has 0 unspecified atom stereocenters. The largest absolute Gasteiger partial charge is 0.398 e. The minimum Gasteiger partial charge on any atom is -0.398 e. The van der Waals surface area contributed by atoms with Crippen molar-refractivity contribution in [1.29, 1.82) is 0 Å². The second-order valence-electron chi connectivity index (χ2n) is 3.12. The molecule has 0 bridgehead atoms. The van der Waals surface area contributed by atoms with Crippen LogP contribution in [-0.4, -0.2) is 26.3 Å².